The van der Waals surface area contributed by atoms with Crippen molar-refractivity contribution in [2.45, 2.75) is 31.9 Å². The van der Waals surface area contributed by atoms with Gasteiger partial charge in [-0.3, -0.25) is 4.90 Å². The van der Waals surface area contributed by atoms with Crippen molar-refractivity contribution in [3.05, 3.63) is 23.4 Å². The van der Waals surface area contributed by atoms with Crippen LogP contribution >= 0.6 is 11.3 Å². The fourth-order valence-electron chi connectivity index (χ4n) is 2.53. The second kappa shape index (κ2) is 5.03. The largest absolute Gasteiger partial charge is 0.419 e. The Kier molecular flexibility index (Phi) is 3.38. The van der Waals surface area contributed by atoms with E-state index < -0.39 is 5.60 Å². The van der Waals surface area contributed by atoms with Crippen molar-refractivity contribution in [1.82, 2.24) is 15.1 Å². The maximum atomic E-state index is 10.1. The van der Waals surface area contributed by atoms with Gasteiger partial charge in [-0.2, -0.15) is 0 Å². The highest BCUT2D eigenvalue weighted by molar-refractivity contribution is 7.13. The molecule has 0 saturated carbocycles. The molecule has 1 aliphatic rings. The number of nitrogens with zero attached hydrogens (tertiary/aromatic N) is 3. The van der Waals surface area contributed by atoms with E-state index in [-0.39, 0.29) is 0 Å². The minimum absolute atomic E-state index is 0.509. The van der Waals surface area contributed by atoms with Gasteiger partial charge >= 0.3 is 0 Å². The predicted octanol–water partition coefficient (Wildman–Crippen LogP) is 2.14. The monoisotopic (exact) mass is 279 g/mol. The molecule has 102 valence electrons. The average molecular weight is 279 g/mol. The molecule has 0 aromatic carbocycles. The van der Waals surface area contributed by atoms with Gasteiger partial charge in [0.15, 0.2) is 0 Å². The molecule has 0 spiro atoms. The van der Waals surface area contributed by atoms with E-state index >= 15 is 0 Å². The van der Waals surface area contributed by atoms with Gasteiger partial charge in [-0.05, 0) is 17.9 Å². The summed E-state index contributed by atoms with van der Waals surface area (Å²) in [6.07, 6.45) is 1.86. The van der Waals surface area contributed by atoms with E-state index in [1.807, 2.05) is 17.5 Å². The zero-order valence-corrected chi connectivity index (χ0v) is 11.7. The van der Waals surface area contributed by atoms with Crippen molar-refractivity contribution in [2.75, 3.05) is 13.1 Å². The van der Waals surface area contributed by atoms with Gasteiger partial charge < -0.3 is 9.52 Å². The van der Waals surface area contributed by atoms with Crippen molar-refractivity contribution < 1.29 is 9.52 Å². The van der Waals surface area contributed by atoms with Crippen LogP contribution in [0.2, 0.25) is 0 Å². The molecular formula is C13H17N3O2S. The summed E-state index contributed by atoms with van der Waals surface area (Å²) >= 11 is 1.58. The number of hydrogen-bond donors (Lipinski definition) is 1. The van der Waals surface area contributed by atoms with Gasteiger partial charge in [0.1, 0.15) is 0 Å². The lowest BCUT2D eigenvalue weighted by molar-refractivity contribution is -0.109. The van der Waals surface area contributed by atoms with Crippen LogP contribution in [0, 0.1) is 0 Å². The smallest absolute Gasteiger partial charge is 0.257 e. The number of aliphatic hydroxyl groups is 1. The molecule has 5 nitrogen and oxygen atoms in total. The van der Waals surface area contributed by atoms with Crippen LogP contribution in [-0.4, -0.2) is 38.9 Å². The Hall–Kier alpha value is -1.24. The summed E-state index contributed by atoms with van der Waals surface area (Å²) in [4.78, 5) is 3.12. The Morgan fingerprint density at radius 3 is 3.00 bits per heavy atom. The number of likely N-dealkylation sites (tertiary alicyclic amines) is 1. The van der Waals surface area contributed by atoms with Crippen molar-refractivity contribution in [3.63, 3.8) is 0 Å². The molecule has 0 amide bonds. The first kappa shape index (κ1) is 12.8. The summed E-state index contributed by atoms with van der Waals surface area (Å²) in [6.45, 7) is 4.09. The van der Waals surface area contributed by atoms with Gasteiger partial charge in [0.05, 0.1) is 17.0 Å². The molecule has 1 aliphatic heterocycles. The highest BCUT2D eigenvalue weighted by Gasteiger charge is 2.40. The van der Waals surface area contributed by atoms with Gasteiger partial charge in [0.25, 0.3) is 5.89 Å². The van der Waals surface area contributed by atoms with Gasteiger partial charge in [-0.15, -0.1) is 21.5 Å². The lowest BCUT2D eigenvalue weighted by Gasteiger charge is -2.46. The molecule has 19 heavy (non-hydrogen) atoms. The van der Waals surface area contributed by atoms with Crippen LogP contribution in [0.25, 0.3) is 10.8 Å². The van der Waals surface area contributed by atoms with Crippen LogP contribution in [-0.2, 0) is 6.54 Å². The lowest BCUT2D eigenvalue weighted by atomic mass is 9.89. The highest BCUT2D eigenvalue weighted by Crippen LogP contribution is 2.28. The normalized spacial score (nSPS) is 18.4. The van der Waals surface area contributed by atoms with Crippen molar-refractivity contribution in [1.29, 1.82) is 0 Å². The molecule has 0 bridgehead atoms. The average Bonchev–Trinajstić information content (AvgIpc) is 2.96. The topological polar surface area (TPSA) is 62.4 Å². The maximum absolute atomic E-state index is 10.1. The number of aromatic nitrogens is 2. The van der Waals surface area contributed by atoms with Crippen LogP contribution in [0.4, 0.5) is 0 Å². The Labute approximate surface area is 115 Å². The molecule has 0 radical (unpaired) electrons. The number of thiophene rings is 1. The molecule has 3 rings (SSSR count). The lowest BCUT2D eigenvalue weighted by Crippen LogP contribution is -2.60. The van der Waals surface area contributed by atoms with E-state index in [2.05, 4.69) is 22.0 Å². The molecule has 1 fully saturated rings. The van der Waals surface area contributed by atoms with E-state index in [1.165, 1.54) is 0 Å². The summed E-state index contributed by atoms with van der Waals surface area (Å²) in [5, 5.41) is 20.2. The molecule has 2 aromatic heterocycles. The standard InChI is InChI=1S/C13H17N3O2S/c1-2-5-13(17)8-16(9-13)7-11-14-15-12(18-11)10-4-3-6-19-10/h3-4,6,17H,2,5,7-9H2,1H3. The van der Waals surface area contributed by atoms with Crippen molar-refractivity contribution >= 4 is 11.3 Å². The van der Waals surface area contributed by atoms with Crippen LogP contribution in [0.5, 0.6) is 0 Å². The van der Waals surface area contributed by atoms with E-state index in [0.717, 1.165) is 17.7 Å². The summed E-state index contributed by atoms with van der Waals surface area (Å²) in [5.74, 6) is 1.19. The zero-order valence-electron chi connectivity index (χ0n) is 10.9. The van der Waals surface area contributed by atoms with E-state index in [0.29, 0.717) is 31.4 Å². The fraction of sp³-hybridized carbons (Fsp3) is 0.538. The minimum atomic E-state index is -0.509. The van der Waals surface area contributed by atoms with Crippen molar-refractivity contribution in [3.8, 4) is 10.8 Å². The summed E-state index contributed by atoms with van der Waals surface area (Å²) in [7, 11) is 0. The highest BCUT2D eigenvalue weighted by atomic mass is 32.1. The first-order chi connectivity index (χ1) is 9.18. The Balaban J connectivity index is 1.58. The molecule has 0 atom stereocenters. The first-order valence-electron chi connectivity index (χ1n) is 6.49. The molecule has 0 unspecified atom stereocenters. The SMILES string of the molecule is CCCC1(O)CN(Cc2nnc(-c3cccs3)o2)C1. The second-order valence-corrected chi connectivity index (χ2v) is 6.05. The molecule has 1 saturated heterocycles. The molecule has 0 aliphatic carbocycles. The minimum Gasteiger partial charge on any atom is -0.419 e. The third kappa shape index (κ3) is 2.70. The van der Waals surface area contributed by atoms with E-state index in [1.54, 1.807) is 11.3 Å². The summed E-state index contributed by atoms with van der Waals surface area (Å²) in [5.41, 5.74) is -0.509. The molecule has 3 heterocycles. The van der Waals surface area contributed by atoms with Gasteiger partial charge in [0, 0.05) is 13.1 Å². The van der Waals surface area contributed by atoms with E-state index in [4.69, 9.17) is 4.42 Å². The van der Waals surface area contributed by atoms with Crippen LogP contribution < -0.4 is 0 Å². The van der Waals surface area contributed by atoms with Gasteiger partial charge in [-0.1, -0.05) is 19.4 Å². The van der Waals surface area contributed by atoms with Gasteiger partial charge in [-0.25, -0.2) is 0 Å². The summed E-state index contributed by atoms with van der Waals surface area (Å²) in [6, 6.07) is 3.93. The van der Waals surface area contributed by atoms with Crippen molar-refractivity contribution in [2.24, 2.45) is 0 Å². The predicted molar refractivity (Wildman–Crippen MR) is 72.7 cm³/mol. The maximum Gasteiger partial charge on any atom is 0.257 e. The molecular weight excluding hydrogens is 262 g/mol. The fourth-order valence-corrected chi connectivity index (χ4v) is 3.17. The quantitative estimate of drug-likeness (QED) is 0.908. The first-order valence-corrected chi connectivity index (χ1v) is 7.37. The molecule has 6 heteroatoms. The second-order valence-electron chi connectivity index (χ2n) is 5.10. The molecule has 2 aromatic rings. The number of hydrogen-bond acceptors (Lipinski definition) is 6. The summed E-state index contributed by atoms with van der Waals surface area (Å²) < 4.78 is 5.63. The Bertz CT molecular complexity index is 532. The third-order valence-corrected chi connectivity index (χ3v) is 4.17. The zero-order chi connectivity index (χ0) is 13.3. The molecule has 1 N–H and O–H groups in total. The Morgan fingerprint density at radius 2 is 2.32 bits per heavy atom. The van der Waals surface area contributed by atoms with Crippen LogP contribution in [0.15, 0.2) is 21.9 Å². The number of β-amino-alcohol motifs (C(OH)–C–C–N with tert-alkyl or cyclic N) is 1. The third-order valence-electron chi connectivity index (χ3n) is 3.31. The number of rotatable bonds is 5. The van der Waals surface area contributed by atoms with Crippen LogP contribution in [0.3, 0.4) is 0 Å². The Morgan fingerprint density at radius 1 is 1.47 bits per heavy atom. The van der Waals surface area contributed by atoms with Gasteiger partial charge in [0.2, 0.25) is 5.89 Å². The van der Waals surface area contributed by atoms with Crippen LogP contribution in [0.1, 0.15) is 25.7 Å². The van der Waals surface area contributed by atoms with E-state index in [9.17, 15) is 5.11 Å².